The van der Waals surface area contributed by atoms with Gasteiger partial charge in [0, 0.05) is 28.6 Å². The molecule has 0 bridgehead atoms. The van der Waals surface area contributed by atoms with Crippen LogP contribution in [0.25, 0.3) is 0 Å². The Bertz CT molecular complexity index is 429. The Kier molecular flexibility index (Phi) is 1.25. The van der Waals surface area contributed by atoms with Crippen LogP contribution in [0.15, 0.2) is 18.2 Å². The molecule has 1 heterocycles. The quantitative estimate of drug-likeness (QED) is 0.699. The molecule has 0 spiro atoms. The molecule has 1 amide bonds. The molecule has 1 N–H and O–H groups in total. The first kappa shape index (κ1) is 5.27. The zero-order valence-electron chi connectivity index (χ0n) is 9.96. The van der Waals surface area contributed by atoms with Gasteiger partial charge in [-0.15, -0.1) is 0 Å². The van der Waals surface area contributed by atoms with Crippen LogP contribution < -0.4 is 10.1 Å². The maximum atomic E-state index is 11.7. The van der Waals surface area contributed by atoms with Gasteiger partial charge in [-0.2, -0.15) is 0 Å². The van der Waals surface area contributed by atoms with Crippen LogP contribution in [0, 0.1) is 0 Å². The third-order valence-corrected chi connectivity index (χ3v) is 2.10. The summed E-state index contributed by atoms with van der Waals surface area (Å²) >= 11 is 0. The maximum Gasteiger partial charge on any atom is 0.251 e. The molecule has 0 radical (unpaired) electrons. The van der Waals surface area contributed by atoms with Gasteiger partial charge < -0.3 is 10.1 Å². The molecule has 3 nitrogen and oxygen atoms in total. The van der Waals surface area contributed by atoms with Crippen molar-refractivity contribution in [2.45, 2.75) is 6.42 Å². The number of fused-ring (bicyclic) bond motifs is 1. The van der Waals surface area contributed by atoms with E-state index in [0.29, 0.717) is 24.3 Å². The number of hydrogen-bond donors (Lipinski definition) is 1. The molecular formula is C10H11NO2. The van der Waals surface area contributed by atoms with E-state index in [2.05, 4.69) is 0 Å². The van der Waals surface area contributed by atoms with Crippen LogP contribution in [-0.4, -0.2) is 19.5 Å². The van der Waals surface area contributed by atoms with Crippen molar-refractivity contribution in [2.75, 3.05) is 13.6 Å². The highest BCUT2D eigenvalue weighted by Gasteiger charge is 2.18. The second-order valence-corrected chi connectivity index (χ2v) is 2.83. The molecule has 1 aliphatic rings. The molecule has 3 heteroatoms. The average molecular weight is 180 g/mol. The second kappa shape index (κ2) is 3.09. The first-order valence-corrected chi connectivity index (χ1v) is 4.04. The normalized spacial score (nSPS) is 17.7. The molecule has 0 atom stereocenters. The summed E-state index contributed by atoms with van der Waals surface area (Å²) in [4.78, 5) is 11.7. The van der Waals surface area contributed by atoms with Gasteiger partial charge in [-0.05, 0) is 12.1 Å². The van der Waals surface area contributed by atoms with Crippen molar-refractivity contribution in [2.24, 2.45) is 0 Å². The van der Waals surface area contributed by atoms with Gasteiger partial charge in [-0.25, -0.2) is 0 Å². The van der Waals surface area contributed by atoms with Gasteiger partial charge in [0.1, 0.15) is 5.75 Å². The van der Waals surface area contributed by atoms with Gasteiger partial charge in [0.05, 0.1) is 6.61 Å². The van der Waals surface area contributed by atoms with E-state index in [9.17, 15) is 4.79 Å². The summed E-state index contributed by atoms with van der Waals surface area (Å²) in [6, 6.07) is 5.06. The van der Waals surface area contributed by atoms with Crippen molar-refractivity contribution in [3.8, 4) is 5.75 Å². The lowest BCUT2D eigenvalue weighted by Crippen LogP contribution is -2.19. The molecule has 1 aromatic rings. The van der Waals surface area contributed by atoms with Gasteiger partial charge in [-0.3, -0.25) is 4.79 Å². The van der Waals surface area contributed by atoms with Crippen LogP contribution in [0.5, 0.6) is 5.75 Å². The largest absolute Gasteiger partial charge is 0.493 e. The molecule has 0 saturated carbocycles. The Hall–Kier alpha value is -1.51. The van der Waals surface area contributed by atoms with E-state index < -0.39 is 12.9 Å². The lowest BCUT2D eigenvalue weighted by Gasteiger charge is -2.04. The Morgan fingerprint density at radius 1 is 1.69 bits per heavy atom. The minimum absolute atomic E-state index is 0.381. The molecule has 0 saturated heterocycles. The first-order valence-electron chi connectivity index (χ1n) is 5.54. The van der Waals surface area contributed by atoms with E-state index in [4.69, 9.17) is 8.85 Å². The Balaban J connectivity index is 2.28. The zero-order valence-corrected chi connectivity index (χ0v) is 6.96. The van der Waals surface area contributed by atoms with Crippen molar-refractivity contribution in [1.29, 1.82) is 0 Å². The molecule has 0 aliphatic carbocycles. The summed E-state index contributed by atoms with van der Waals surface area (Å²) in [5.74, 6) is 0.0838. The first-order chi connectivity index (χ1) is 7.47. The monoisotopic (exact) mass is 180 g/mol. The van der Waals surface area contributed by atoms with Crippen LogP contribution in [0.2, 0.25) is 0 Å². The molecule has 1 aromatic carbocycles. The van der Waals surface area contributed by atoms with Crippen molar-refractivity contribution in [1.82, 2.24) is 5.32 Å². The highest BCUT2D eigenvalue weighted by atomic mass is 16.5. The van der Waals surface area contributed by atoms with Gasteiger partial charge in [0.15, 0.2) is 0 Å². The van der Waals surface area contributed by atoms with E-state index in [1.807, 2.05) is 5.32 Å². The predicted octanol–water partition coefficient (Wildman–Crippen LogP) is 0.981. The highest BCUT2D eigenvalue weighted by Crippen LogP contribution is 2.27. The van der Waals surface area contributed by atoms with E-state index in [1.54, 1.807) is 18.2 Å². The van der Waals surface area contributed by atoms with Gasteiger partial charge in [0.2, 0.25) is 0 Å². The number of carbonyl (C=O) groups is 1. The van der Waals surface area contributed by atoms with Crippen molar-refractivity contribution < 1.29 is 13.6 Å². The Morgan fingerprint density at radius 2 is 2.62 bits per heavy atom. The summed E-state index contributed by atoms with van der Waals surface area (Å²) in [7, 11) is 0. The predicted molar refractivity (Wildman–Crippen MR) is 49.0 cm³/mol. The second-order valence-electron chi connectivity index (χ2n) is 2.83. The van der Waals surface area contributed by atoms with Crippen LogP contribution in [-0.2, 0) is 6.42 Å². The molecule has 1 aliphatic heterocycles. The summed E-state index contributed by atoms with van der Waals surface area (Å²) in [5.41, 5.74) is 1.16. The number of benzene rings is 1. The SMILES string of the molecule is [2H]C([2H])([2H])NC(=O)c1cccc2c1CCO2. The number of rotatable bonds is 1. The number of hydrogen-bond acceptors (Lipinski definition) is 2. The van der Waals surface area contributed by atoms with Crippen LogP contribution in [0.3, 0.4) is 0 Å². The Morgan fingerprint density at radius 3 is 3.46 bits per heavy atom. The minimum Gasteiger partial charge on any atom is -0.493 e. The van der Waals surface area contributed by atoms with E-state index >= 15 is 0 Å². The molecule has 2 rings (SSSR count). The summed E-state index contributed by atoms with van der Waals surface area (Å²) in [6.45, 7) is -1.92. The molecule has 0 fully saturated rings. The zero-order chi connectivity index (χ0) is 11.8. The minimum atomic E-state index is -2.46. The number of amides is 1. The number of nitrogens with one attached hydrogen (secondary N) is 1. The smallest absolute Gasteiger partial charge is 0.251 e. The third kappa shape index (κ3) is 1.26. The Labute approximate surface area is 80.9 Å². The standard InChI is InChI=1S/C10H11NO2/c1-11-10(12)8-3-2-4-9-7(8)5-6-13-9/h2-4H,5-6H2,1H3,(H,11,12)/i1D3. The number of ether oxygens (including phenoxy) is 1. The lowest BCUT2D eigenvalue weighted by atomic mass is 10.0. The van der Waals surface area contributed by atoms with Crippen LogP contribution in [0.1, 0.15) is 20.0 Å². The lowest BCUT2D eigenvalue weighted by molar-refractivity contribution is 0.0962. The molecule has 0 aromatic heterocycles. The fourth-order valence-corrected chi connectivity index (χ4v) is 1.50. The van der Waals surface area contributed by atoms with E-state index in [1.165, 1.54) is 0 Å². The third-order valence-electron chi connectivity index (χ3n) is 2.10. The molecule has 13 heavy (non-hydrogen) atoms. The molecule has 0 unspecified atom stereocenters. The average Bonchev–Trinajstić information content (AvgIpc) is 2.61. The number of carbonyl (C=O) groups excluding carboxylic acids is 1. The highest BCUT2D eigenvalue weighted by molar-refractivity contribution is 5.96. The van der Waals surface area contributed by atoms with E-state index in [-0.39, 0.29) is 0 Å². The topological polar surface area (TPSA) is 38.3 Å². The fourth-order valence-electron chi connectivity index (χ4n) is 1.50. The van der Waals surface area contributed by atoms with Crippen LogP contribution in [0.4, 0.5) is 0 Å². The fraction of sp³-hybridized carbons (Fsp3) is 0.300. The van der Waals surface area contributed by atoms with Gasteiger partial charge in [-0.1, -0.05) is 6.07 Å². The molecular weight excluding hydrogens is 166 g/mol. The molecule has 68 valence electrons. The van der Waals surface area contributed by atoms with E-state index in [0.717, 1.165) is 5.56 Å². The van der Waals surface area contributed by atoms with Crippen LogP contribution >= 0.6 is 0 Å². The summed E-state index contributed by atoms with van der Waals surface area (Å²) in [6.07, 6.45) is 0.639. The van der Waals surface area contributed by atoms with Crippen molar-refractivity contribution >= 4 is 5.91 Å². The van der Waals surface area contributed by atoms with Crippen molar-refractivity contribution in [3.63, 3.8) is 0 Å². The van der Waals surface area contributed by atoms with Gasteiger partial charge >= 0.3 is 0 Å². The van der Waals surface area contributed by atoms with Gasteiger partial charge in [0.25, 0.3) is 5.91 Å². The maximum absolute atomic E-state index is 11.7. The van der Waals surface area contributed by atoms with Crippen molar-refractivity contribution in [3.05, 3.63) is 29.3 Å². The summed E-state index contributed by atoms with van der Waals surface area (Å²) in [5, 5.41) is 1.97. The summed E-state index contributed by atoms with van der Waals surface area (Å²) < 4.78 is 26.2.